The molecule has 2 aromatic rings. The number of aliphatic hydroxyl groups excluding tert-OH is 1. The van der Waals surface area contributed by atoms with Crippen molar-refractivity contribution < 1.29 is 19.1 Å². The van der Waals surface area contributed by atoms with Gasteiger partial charge < -0.3 is 14.3 Å². The minimum Gasteiger partial charge on any atom is -0.511 e. The SMILES string of the molecule is CCOc1ccc(N=CC2=C(O)CC(c3ccco3)CC2=O)cc1. The maximum atomic E-state index is 12.3. The first-order valence-corrected chi connectivity index (χ1v) is 7.93. The van der Waals surface area contributed by atoms with Crippen molar-refractivity contribution in [2.45, 2.75) is 25.7 Å². The lowest BCUT2D eigenvalue weighted by atomic mass is 9.86. The van der Waals surface area contributed by atoms with E-state index in [9.17, 15) is 9.90 Å². The molecular weight excluding hydrogens is 306 g/mol. The summed E-state index contributed by atoms with van der Waals surface area (Å²) in [5, 5.41) is 10.2. The van der Waals surface area contributed by atoms with E-state index in [-0.39, 0.29) is 23.0 Å². The molecule has 5 heteroatoms. The Bertz CT molecular complexity index is 757. The number of hydrogen-bond acceptors (Lipinski definition) is 5. The highest BCUT2D eigenvalue weighted by molar-refractivity contribution is 6.14. The first-order chi connectivity index (χ1) is 11.7. The number of Topliss-reactive ketones (excluding diaryl/α,β-unsaturated/α-hetero) is 1. The van der Waals surface area contributed by atoms with Crippen LogP contribution >= 0.6 is 0 Å². The zero-order valence-electron chi connectivity index (χ0n) is 13.4. The molecule has 0 saturated carbocycles. The van der Waals surface area contributed by atoms with E-state index in [4.69, 9.17) is 9.15 Å². The number of rotatable bonds is 5. The normalized spacial score (nSPS) is 18.4. The molecule has 3 rings (SSSR count). The van der Waals surface area contributed by atoms with Gasteiger partial charge in [0.2, 0.25) is 0 Å². The van der Waals surface area contributed by atoms with Gasteiger partial charge in [-0.3, -0.25) is 9.79 Å². The van der Waals surface area contributed by atoms with Gasteiger partial charge in [-0.15, -0.1) is 0 Å². The zero-order valence-corrected chi connectivity index (χ0v) is 13.4. The molecule has 0 aliphatic heterocycles. The topological polar surface area (TPSA) is 72.0 Å². The molecule has 1 heterocycles. The fourth-order valence-corrected chi connectivity index (χ4v) is 2.72. The zero-order chi connectivity index (χ0) is 16.9. The number of ether oxygens (including phenoxy) is 1. The van der Waals surface area contributed by atoms with Crippen molar-refractivity contribution in [3.05, 3.63) is 59.8 Å². The van der Waals surface area contributed by atoms with Crippen LogP contribution in [0.4, 0.5) is 5.69 Å². The van der Waals surface area contributed by atoms with E-state index in [0.717, 1.165) is 11.5 Å². The van der Waals surface area contributed by atoms with Gasteiger partial charge in [-0.05, 0) is 43.3 Å². The van der Waals surface area contributed by atoms with Crippen LogP contribution in [-0.4, -0.2) is 23.7 Å². The first kappa shape index (κ1) is 16.1. The minimum absolute atomic E-state index is 0.0577. The van der Waals surface area contributed by atoms with E-state index in [0.29, 0.717) is 25.1 Å². The van der Waals surface area contributed by atoms with Gasteiger partial charge in [-0.1, -0.05) is 0 Å². The number of benzene rings is 1. The van der Waals surface area contributed by atoms with Crippen molar-refractivity contribution in [1.82, 2.24) is 0 Å². The number of carbonyl (C=O) groups is 1. The summed E-state index contributed by atoms with van der Waals surface area (Å²) in [7, 11) is 0. The second-order valence-corrected chi connectivity index (χ2v) is 5.59. The fraction of sp³-hybridized carbons (Fsp3) is 0.263. The van der Waals surface area contributed by atoms with Crippen LogP contribution in [0.15, 0.2) is 63.4 Å². The Morgan fingerprint density at radius 1 is 1.29 bits per heavy atom. The predicted octanol–water partition coefficient (Wildman–Crippen LogP) is 4.34. The van der Waals surface area contributed by atoms with E-state index in [1.165, 1.54) is 6.21 Å². The molecule has 1 aliphatic carbocycles. The van der Waals surface area contributed by atoms with E-state index in [1.807, 2.05) is 25.1 Å². The summed E-state index contributed by atoms with van der Waals surface area (Å²) in [4.78, 5) is 16.6. The number of aliphatic imine (C=N–C) groups is 1. The lowest BCUT2D eigenvalue weighted by Gasteiger charge is -2.20. The Hall–Kier alpha value is -2.82. The second kappa shape index (κ2) is 7.17. The molecule has 24 heavy (non-hydrogen) atoms. The number of aliphatic hydroxyl groups is 1. The minimum atomic E-state index is -0.130. The van der Waals surface area contributed by atoms with Gasteiger partial charge in [0.25, 0.3) is 0 Å². The number of furan rings is 1. The molecule has 1 aliphatic rings. The average molecular weight is 325 g/mol. The Morgan fingerprint density at radius 2 is 2.08 bits per heavy atom. The first-order valence-electron chi connectivity index (χ1n) is 7.93. The number of carbonyl (C=O) groups excluding carboxylic acids is 1. The molecule has 0 saturated heterocycles. The van der Waals surface area contributed by atoms with Crippen molar-refractivity contribution in [2.75, 3.05) is 6.61 Å². The van der Waals surface area contributed by atoms with Crippen molar-refractivity contribution >= 4 is 17.7 Å². The van der Waals surface area contributed by atoms with E-state index in [1.54, 1.807) is 24.5 Å². The maximum Gasteiger partial charge on any atom is 0.168 e. The monoisotopic (exact) mass is 325 g/mol. The summed E-state index contributed by atoms with van der Waals surface area (Å²) < 4.78 is 10.7. The van der Waals surface area contributed by atoms with Gasteiger partial charge in [0.15, 0.2) is 5.78 Å². The molecule has 1 atom stereocenters. The molecule has 0 amide bonds. The Kier molecular flexibility index (Phi) is 4.79. The van der Waals surface area contributed by atoms with Crippen molar-refractivity contribution in [1.29, 1.82) is 0 Å². The van der Waals surface area contributed by atoms with Crippen LogP contribution in [0.1, 0.15) is 31.4 Å². The van der Waals surface area contributed by atoms with Crippen LogP contribution in [-0.2, 0) is 4.79 Å². The number of ketones is 1. The van der Waals surface area contributed by atoms with Gasteiger partial charge in [-0.2, -0.15) is 0 Å². The van der Waals surface area contributed by atoms with Gasteiger partial charge in [0, 0.05) is 25.0 Å². The van der Waals surface area contributed by atoms with E-state index in [2.05, 4.69) is 4.99 Å². The number of nitrogens with zero attached hydrogens (tertiary/aromatic N) is 1. The quantitative estimate of drug-likeness (QED) is 0.830. The molecule has 1 unspecified atom stereocenters. The number of hydrogen-bond donors (Lipinski definition) is 1. The largest absolute Gasteiger partial charge is 0.511 e. The summed E-state index contributed by atoms with van der Waals surface area (Å²) >= 11 is 0. The van der Waals surface area contributed by atoms with E-state index >= 15 is 0 Å². The van der Waals surface area contributed by atoms with Gasteiger partial charge >= 0.3 is 0 Å². The standard InChI is InChI=1S/C19H19NO4/c1-2-23-15-7-5-14(6-8-15)20-12-16-17(21)10-13(11-18(16)22)19-4-3-9-24-19/h3-9,12-13,21H,2,10-11H2,1H3. The summed E-state index contributed by atoms with van der Waals surface area (Å²) in [6.07, 6.45) is 3.70. The Labute approximate surface area is 140 Å². The summed E-state index contributed by atoms with van der Waals surface area (Å²) in [5.74, 6) is 1.30. The molecule has 0 radical (unpaired) electrons. The highest BCUT2D eigenvalue weighted by Crippen LogP contribution is 2.33. The average Bonchev–Trinajstić information content (AvgIpc) is 3.10. The highest BCUT2D eigenvalue weighted by Gasteiger charge is 2.29. The van der Waals surface area contributed by atoms with Crippen LogP contribution in [0.25, 0.3) is 0 Å². The highest BCUT2D eigenvalue weighted by atomic mass is 16.5. The lowest BCUT2D eigenvalue weighted by molar-refractivity contribution is -0.116. The molecule has 0 fully saturated rings. The molecular formula is C19H19NO4. The van der Waals surface area contributed by atoms with Gasteiger partial charge in [0.05, 0.1) is 24.1 Å². The van der Waals surface area contributed by atoms with Gasteiger partial charge in [0.1, 0.15) is 17.3 Å². The smallest absolute Gasteiger partial charge is 0.168 e. The van der Waals surface area contributed by atoms with E-state index < -0.39 is 0 Å². The van der Waals surface area contributed by atoms with Crippen LogP contribution in [0.2, 0.25) is 0 Å². The van der Waals surface area contributed by atoms with Crippen LogP contribution in [0, 0.1) is 0 Å². The summed E-state index contributed by atoms with van der Waals surface area (Å²) in [5.41, 5.74) is 0.964. The molecule has 1 N–H and O–H groups in total. The van der Waals surface area contributed by atoms with Crippen LogP contribution in [0.5, 0.6) is 5.75 Å². The van der Waals surface area contributed by atoms with Gasteiger partial charge in [-0.25, -0.2) is 0 Å². The third-order valence-corrected chi connectivity index (χ3v) is 3.92. The summed E-state index contributed by atoms with van der Waals surface area (Å²) in [6, 6.07) is 10.9. The lowest BCUT2D eigenvalue weighted by Crippen LogP contribution is -2.18. The maximum absolute atomic E-state index is 12.3. The van der Waals surface area contributed by atoms with Crippen molar-refractivity contribution in [3.8, 4) is 5.75 Å². The second-order valence-electron chi connectivity index (χ2n) is 5.59. The molecule has 1 aromatic carbocycles. The predicted molar refractivity (Wildman–Crippen MR) is 91.1 cm³/mol. The molecule has 0 bridgehead atoms. The number of allylic oxidation sites excluding steroid dienone is 2. The Morgan fingerprint density at radius 3 is 2.71 bits per heavy atom. The summed E-state index contributed by atoms with van der Waals surface area (Å²) in [6.45, 7) is 2.53. The third-order valence-electron chi connectivity index (χ3n) is 3.92. The van der Waals surface area contributed by atoms with Crippen molar-refractivity contribution in [3.63, 3.8) is 0 Å². The van der Waals surface area contributed by atoms with Crippen LogP contribution < -0.4 is 4.74 Å². The molecule has 0 spiro atoms. The molecule has 5 nitrogen and oxygen atoms in total. The third kappa shape index (κ3) is 3.56. The fourth-order valence-electron chi connectivity index (χ4n) is 2.72. The Balaban J connectivity index is 1.74. The molecule has 124 valence electrons. The molecule has 1 aromatic heterocycles. The van der Waals surface area contributed by atoms with Crippen molar-refractivity contribution in [2.24, 2.45) is 4.99 Å². The van der Waals surface area contributed by atoms with Crippen LogP contribution in [0.3, 0.4) is 0 Å².